The van der Waals surface area contributed by atoms with E-state index in [1.54, 1.807) is 12.4 Å². The van der Waals surface area contributed by atoms with Crippen LogP contribution in [0.5, 0.6) is 0 Å². The second-order valence-corrected chi connectivity index (χ2v) is 8.28. The van der Waals surface area contributed by atoms with Crippen molar-refractivity contribution in [2.45, 2.75) is 38.5 Å². The van der Waals surface area contributed by atoms with Gasteiger partial charge in [0.15, 0.2) is 0 Å². The van der Waals surface area contributed by atoms with Gasteiger partial charge in [-0.3, -0.25) is 14.8 Å². The van der Waals surface area contributed by atoms with E-state index in [2.05, 4.69) is 45.5 Å². The van der Waals surface area contributed by atoms with Crippen molar-refractivity contribution in [3.8, 4) is 11.3 Å². The molecule has 1 aromatic heterocycles. The Balaban J connectivity index is 1.45. The van der Waals surface area contributed by atoms with E-state index in [0.29, 0.717) is 5.92 Å². The van der Waals surface area contributed by atoms with Gasteiger partial charge in [-0.1, -0.05) is 42.5 Å². The van der Waals surface area contributed by atoms with Crippen molar-refractivity contribution < 1.29 is 4.79 Å². The molecule has 160 valence electrons. The molecule has 1 aliphatic rings. The standard InChI is InChI=1S/C26H30N4O/c1-20(31)29-24-13-5-11-22(18-24)25-26(28-15-14-27-25)23-12-7-17-30(19-23)16-6-10-21-8-3-2-4-9-21/h2-5,8-9,11,13-15,18,23H,6-7,10,12,16-17,19H2,1H3,(H,29,31)/t23-/m0/s1. The van der Waals surface area contributed by atoms with E-state index in [1.165, 1.54) is 25.3 Å². The van der Waals surface area contributed by atoms with Crippen molar-refractivity contribution in [3.05, 3.63) is 78.2 Å². The van der Waals surface area contributed by atoms with E-state index < -0.39 is 0 Å². The van der Waals surface area contributed by atoms with E-state index >= 15 is 0 Å². The molecule has 1 fully saturated rings. The molecule has 5 nitrogen and oxygen atoms in total. The Morgan fingerprint density at radius 2 is 1.94 bits per heavy atom. The maximum atomic E-state index is 11.4. The van der Waals surface area contributed by atoms with Gasteiger partial charge >= 0.3 is 0 Å². The number of amides is 1. The molecular weight excluding hydrogens is 384 g/mol. The highest BCUT2D eigenvalue weighted by molar-refractivity contribution is 5.89. The minimum Gasteiger partial charge on any atom is -0.326 e. The van der Waals surface area contributed by atoms with Gasteiger partial charge in [0, 0.05) is 43.0 Å². The third-order valence-electron chi connectivity index (χ3n) is 5.86. The van der Waals surface area contributed by atoms with Crippen LogP contribution in [-0.2, 0) is 11.2 Å². The van der Waals surface area contributed by atoms with Crippen molar-refractivity contribution in [2.75, 3.05) is 25.0 Å². The topological polar surface area (TPSA) is 58.1 Å². The molecule has 5 heteroatoms. The number of hydrogen-bond acceptors (Lipinski definition) is 4. The number of benzene rings is 2. The summed E-state index contributed by atoms with van der Waals surface area (Å²) in [5.41, 5.74) is 5.18. The van der Waals surface area contributed by atoms with Gasteiger partial charge in [-0.25, -0.2) is 0 Å². The second kappa shape index (κ2) is 10.3. The Kier molecular flexibility index (Phi) is 7.05. The SMILES string of the molecule is CC(=O)Nc1cccc(-c2nccnc2[C@H]2CCCN(CCCc3ccccc3)C2)c1. The van der Waals surface area contributed by atoms with Crippen LogP contribution in [0.15, 0.2) is 67.0 Å². The van der Waals surface area contributed by atoms with Crippen LogP contribution in [0.3, 0.4) is 0 Å². The summed E-state index contributed by atoms with van der Waals surface area (Å²) in [6.07, 6.45) is 8.15. The third kappa shape index (κ3) is 5.76. The zero-order chi connectivity index (χ0) is 21.5. The molecule has 31 heavy (non-hydrogen) atoms. The number of carbonyl (C=O) groups is 1. The molecule has 0 spiro atoms. The fourth-order valence-corrected chi connectivity index (χ4v) is 4.45. The molecule has 0 radical (unpaired) electrons. The second-order valence-electron chi connectivity index (χ2n) is 8.28. The highest BCUT2D eigenvalue weighted by atomic mass is 16.1. The van der Waals surface area contributed by atoms with Crippen molar-refractivity contribution in [2.24, 2.45) is 0 Å². The van der Waals surface area contributed by atoms with E-state index in [-0.39, 0.29) is 5.91 Å². The number of carbonyl (C=O) groups excluding carboxylic acids is 1. The lowest BCUT2D eigenvalue weighted by Gasteiger charge is -2.33. The monoisotopic (exact) mass is 414 g/mol. The minimum atomic E-state index is -0.0741. The quantitative estimate of drug-likeness (QED) is 0.597. The highest BCUT2D eigenvalue weighted by Crippen LogP contribution is 2.32. The highest BCUT2D eigenvalue weighted by Gasteiger charge is 2.25. The van der Waals surface area contributed by atoms with E-state index in [0.717, 1.165) is 55.1 Å². The Morgan fingerprint density at radius 1 is 1.10 bits per heavy atom. The predicted octanol–water partition coefficient (Wildman–Crippen LogP) is 4.91. The van der Waals surface area contributed by atoms with Crippen molar-refractivity contribution in [1.82, 2.24) is 14.9 Å². The number of nitrogens with zero attached hydrogens (tertiary/aromatic N) is 3. The number of aryl methyl sites for hydroxylation is 1. The van der Waals surface area contributed by atoms with Crippen LogP contribution in [-0.4, -0.2) is 40.4 Å². The number of aromatic nitrogens is 2. The van der Waals surface area contributed by atoms with Gasteiger partial charge in [0.2, 0.25) is 5.91 Å². The molecule has 2 aromatic carbocycles. The number of piperidine rings is 1. The average molecular weight is 415 g/mol. The zero-order valence-corrected chi connectivity index (χ0v) is 18.1. The van der Waals surface area contributed by atoms with Crippen molar-refractivity contribution in [1.29, 1.82) is 0 Å². The van der Waals surface area contributed by atoms with Gasteiger partial charge in [0.1, 0.15) is 0 Å². The fourth-order valence-electron chi connectivity index (χ4n) is 4.45. The summed E-state index contributed by atoms with van der Waals surface area (Å²) in [4.78, 5) is 23.4. The zero-order valence-electron chi connectivity index (χ0n) is 18.1. The van der Waals surface area contributed by atoms with Crippen LogP contribution in [0.1, 0.15) is 43.4 Å². The van der Waals surface area contributed by atoms with Crippen LogP contribution in [0.25, 0.3) is 11.3 Å². The molecule has 4 rings (SSSR count). The number of nitrogens with one attached hydrogen (secondary N) is 1. The summed E-state index contributed by atoms with van der Waals surface area (Å²) in [5.74, 6) is 0.300. The molecule has 1 amide bonds. The summed E-state index contributed by atoms with van der Waals surface area (Å²) in [5, 5.41) is 2.86. The van der Waals surface area contributed by atoms with Crippen molar-refractivity contribution >= 4 is 11.6 Å². The molecular formula is C26H30N4O. The molecule has 0 aliphatic carbocycles. The molecule has 1 aliphatic heterocycles. The summed E-state index contributed by atoms with van der Waals surface area (Å²) >= 11 is 0. The lowest BCUT2D eigenvalue weighted by atomic mass is 9.91. The lowest BCUT2D eigenvalue weighted by Crippen LogP contribution is -2.35. The number of likely N-dealkylation sites (tertiary alicyclic amines) is 1. The predicted molar refractivity (Wildman–Crippen MR) is 125 cm³/mol. The van der Waals surface area contributed by atoms with Crippen LogP contribution >= 0.6 is 0 Å². The van der Waals surface area contributed by atoms with Gasteiger partial charge in [-0.15, -0.1) is 0 Å². The Hall–Kier alpha value is -3.05. The van der Waals surface area contributed by atoms with Crippen LogP contribution < -0.4 is 5.32 Å². The van der Waals surface area contributed by atoms with Gasteiger partial charge in [0.05, 0.1) is 11.4 Å². The minimum absolute atomic E-state index is 0.0741. The van der Waals surface area contributed by atoms with Gasteiger partial charge in [-0.2, -0.15) is 0 Å². The number of hydrogen-bond donors (Lipinski definition) is 1. The van der Waals surface area contributed by atoms with E-state index in [9.17, 15) is 4.79 Å². The first-order valence-electron chi connectivity index (χ1n) is 11.1. The third-order valence-corrected chi connectivity index (χ3v) is 5.86. The molecule has 0 saturated carbocycles. The molecule has 0 unspecified atom stereocenters. The van der Waals surface area contributed by atoms with Gasteiger partial charge in [0.25, 0.3) is 0 Å². The largest absolute Gasteiger partial charge is 0.326 e. The summed E-state index contributed by atoms with van der Waals surface area (Å²) in [6.45, 7) is 4.80. The van der Waals surface area contributed by atoms with Gasteiger partial charge < -0.3 is 10.2 Å². The number of rotatable bonds is 7. The first kappa shape index (κ1) is 21.2. The average Bonchev–Trinajstić information content (AvgIpc) is 2.80. The van der Waals surface area contributed by atoms with E-state index in [4.69, 9.17) is 4.98 Å². The number of anilines is 1. The molecule has 2 heterocycles. The molecule has 0 bridgehead atoms. The maximum Gasteiger partial charge on any atom is 0.221 e. The van der Waals surface area contributed by atoms with Crippen LogP contribution in [0.2, 0.25) is 0 Å². The first-order valence-corrected chi connectivity index (χ1v) is 11.1. The van der Waals surface area contributed by atoms with Crippen LogP contribution in [0.4, 0.5) is 5.69 Å². The smallest absolute Gasteiger partial charge is 0.221 e. The Morgan fingerprint density at radius 3 is 2.77 bits per heavy atom. The van der Waals surface area contributed by atoms with Gasteiger partial charge in [-0.05, 0) is 56.5 Å². The van der Waals surface area contributed by atoms with Crippen LogP contribution in [0, 0.1) is 0 Å². The lowest BCUT2D eigenvalue weighted by molar-refractivity contribution is -0.114. The normalized spacial score (nSPS) is 16.7. The first-order chi connectivity index (χ1) is 15.2. The molecule has 3 aromatic rings. The maximum absolute atomic E-state index is 11.4. The molecule has 1 N–H and O–H groups in total. The Labute approximate surface area is 184 Å². The summed E-state index contributed by atoms with van der Waals surface area (Å²) < 4.78 is 0. The molecule has 1 saturated heterocycles. The Bertz CT molecular complexity index is 1010. The molecule has 1 atom stereocenters. The summed E-state index contributed by atoms with van der Waals surface area (Å²) in [7, 11) is 0. The fraction of sp³-hybridized carbons (Fsp3) is 0.346. The van der Waals surface area contributed by atoms with E-state index in [1.807, 2.05) is 24.3 Å². The van der Waals surface area contributed by atoms with Crippen molar-refractivity contribution in [3.63, 3.8) is 0 Å². The summed E-state index contributed by atoms with van der Waals surface area (Å²) in [6, 6.07) is 18.6.